The topological polar surface area (TPSA) is 32.7 Å². The van der Waals surface area contributed by atoms with E-state index in [2.05, 4.69) is 4.90 Å². The second kappa shape index (κ2) is 5.58. The molecule has 2 atom stereocenters. The van der Waals surface area contributed by atoms with E-state index in [-0.39, 0.29) is 6.10 Å². The van der Waals surface area contributed by atoms with Crippen LogP contribution in [-0.4, -0.2) is 49.0 Å². The number of ether oxygens (including phenoxy) is 1. The molecule has 13 heavy (non-hydrogen) atoms. The molecule has 0 aromatic heterocycles. The van der Waals surface area contributed by atoms with Crippen molar-refractivity contribution in [1.29, 1.82) is 0 Å². The molecule has 1 N–H and O–H groups in total. The van der Waals surface area contributed by atoms with Crippen LogP contribution in [0.15, 0.2) is 0 Å². The quantitative estimate of drug-likeness (QED) is 0.693. The fraction of sp³-hybridized carbons (Fsp3) is 1.00. The Bertz CT molecular complexity index is 133. The highest BCUT2D eigenvalue weighted by atomic mass is 16.5. The first-order chi connectivity index (χ1) is 6.18. The average molecular weight is 187 g/mol. The number of aliphatic hydroxyl groups is 1. The van der Waals surface area contributed by atoms with Crippen LogP contribution in [0.1, 0.15) is 26.2 Å². The third-order valence-corrected chi connectivity index (χ3v) is 2.43. The predicted octanol–water partition coefficient (Wildman–Crippen LogP) is 0.868. The molecular weight excluding hydrogens is 166 g/mol. The van der Waals surface area contributed by atoms with E-state index in [1.807, 2.05) is 14.0 Å². The first-order valence-corrected chi connectivity index (χ1v) is 5.16. The summed E-state index contributed by atoms with van der Waals surface area (Å²) in [4.78, 5) is 2.16. The van der Waals surface area contributed by atoms with Crippen molar-refractivity contribution in [1.82, 2.24) is 4.90 Å². The number of likely N-dealkylation sites (N-methyl/N-ethyl adjacent to an activating group) is 1. The summed E-state index contributed by atoms with van der Waals surface area (Å²) in [5, 5.41) is 9.14. The maximum absolute atomic E-state index is 9.14. The van der Waals surface area contributed by atoms with Crippen LogP contribution in [0.25, 0.3) is 0 Å². The van der Waals surface area contributed by atoms with Crippen LogP contribution in [0.2, 0.25) is 0 Å². The molecule has 2 unspecified atom stereocenters. The molecule has 0 radical (unpaired) electrons. The minimum absolute atomic E-state index is 0.227. The lowest BCUT2D eigenvalue weighted by Crippen LogP contribution is -2.29. The molecule has 78 valence electrons. The van der Waals surface area contributed by atoms with Crippen molar-refractivity contribution < 1.29 is 9.84 Å². The van der Waals surface area contributed by atoms with Crippen molar-refractivity contribution in [2.75, 3.05) is 26.7 Å². The van der Waals surface area contributed by atoms with Gasteiger partial charge in [0.2, 0.25) is 0 Å². The molecular formula is C10H21NO2. The van der Waals surface area contributed by atoms with Gasteiger partial charge in [0.1, 0.15) is 0 Å². The van der Waals surface area contributed by atoms with E-state index in [0.717, 1.165) is 26.1 Å². The van der Waals surface area contributed by atoms with Gasteiger partial charge in [0, 0.05) is 19.7 Å². The molecule has 0 spiro atoms. The van der Waals surface area contributed by atoms with Gasteiger partial charge in [-0.05, 0) is 33.2 Å². The summed E-state index contributed by atoms with van der Waals surface area (Å²) >= 11 is 0. The lowest BCUT2D eigenvalue weighted by molar-refractivity contribution is 0.0857. The molecule has 1 fully saturated rings. The fourth-order valence-corrected chi connectivity index (χ4v) is 1.78. The third kappa shape index (κ3) is 4.60. The number of nitrogens with zero attached hydrogens (tertiary/aromatic N) is 1. The fourth-order valence-electron chi connectivity index (χ4n) is 1.78. The summed E-state index contributed by atoms with van der Waals surface area (Å²) < 4.78 is 5.52. The van der Waals surface area contributed by atoms with Gasteiger partial charge in [0.05, 0.1) is 12.2 Å². The van der Waals surface area contributed by atoms with Gasteiger partial charge in [0.25, 0.3) is 0 Å². The normalized spacial score (nSPS) is 25.4. The van der Waals surface area contributed by atoms with Gasteiger partial charge < -0.3 is 14.7 Å². The molecule has 0 aromatic rings. The zero-order valence-corrected chi connectivity index (χ0v) is 8.70. The van der Waals surface area contributed by atoms with Crippen molar-refractivity contribution in [3.8, 4) is 0 Å². The molecule has 1 saturated heterocycles. The Morgan fingerprint density at radius 3 is 2.92 bits per heavy atom. The smallest absolute Gasteiger partial charge is 0.0638 e. The minimum Gasteiger partial charge on any atom is -0.392 e. The highest BCUT2D eigenvalue weighted by molar-refractivity contribution is 4.67. The Hall–Kier alpha value is -0.120. The van der Waals surface area contributed by atoms with Gasteiger partial charge in [-0.25, -0.2) is 0 Å². The van der Waals surface area contributed by atoms with Gasteiger partial charge >= 0.3 is 0 Å². The minimum atomic E-state index is -0.227. The number of rotatable bonds is 5. The average Bonchev–Trinajstić information content (AvgIpc) is 2.51. The summed E-state index contributed by atoms with van der Waals surface area (Å²) in [5.74, 6) is 0. The first-order valence-electron chi connectivity index (χ1n) is 5.16. The Balaban J connectivity index is 2.03. The molecule has 0 aromatic carbocycles. The third-order valence-electron chi connectivity index (χ3n) is 2.43. The molecule has 3 nitrogen and oxygen atoms in total. The number of hydrogen-bond acceptors (Lipinski definition) is 3. The van der Waals surface area contributed by atoms with Crippen LogP contribution in [0.4, 0.5) is 0 Å². The Labute approximate surface area is 80.7 Å². The molecule has 0 saturated carbocycles. The van der Waals surface area contributed by atoms with Crippen molar-refractivity contribution in [2.45, 2.75) is 38.4 Å². The van der Waals surface area contributed by atoms with Crippen molar-refractivity contribution in [3.63, 3.8) is 0 Å². The summed E-state index contributed by atoms with van der Waals surface area (Å²) in [6.45, 7) is 4.54. The summed E-state index contributed by atoms with van der Waals surface area (Å²) in [6.07, 6.45) is 3.77. The van der Waals surface area contributed by atoms with Crippen LogP contribution >= 0.6 is 0 Å². The van der Waals surface area contributed by atoms with Crippen LogP contribution in [0, 0.1) is 0 Å². The monoisotopic (exact) mass is 187 g/mol. The molecule has 1 heterocycles. The largest absolute Gasteiger partial charge is 0.392 e. The van der Waals surface area contributed by atoms with Crippen molar-refractivity contribution in [2.24, 2.45) is 0 Å². The molecule has 1 aliphatic rings. The maximum Gasteiger partial charge on any atom is 0.0638 e. The molecule has 0 bridgehead atoms. The summed E-state index contributed by atoms with van der Waals surface area (Å²) in [5.41, 5.74) is 0. The van der Waals surface area contributed by atoms with Crippen molar-refractivity contribution >= 4 is 0 Å². The first kappa shape index (κ1) is 11.0. The van der Waals surface area contributed by atoms with Crippen molar-refractivity contribution in [3.05, 3.63) is 0 Å². The SMILES string of the molecule is CC(O)CN(C)CCC1CCCO1. The Morgan fingerprint density at radius 1 is 1.62 bits per heavy atom. The van der Waals surface area contributed by atoms with E-state index in [9.17, 15) is 0 Å². The highest BCUT2D eigenvalue weighted by Crippen LogP contribution is 2.15. The molecule has 3 heteroatoms. The van der Waals surface area contributed by atoms with Crippen LogP contribution in [0.5, 0.6) is 0 Å². The predicted molar refractivity (Wildman–Crippen MR) is 52.8 cm³/mol. The molecule has 0 aliphatic carbocycles. The molecule has 1 rings (SSSR count). The van der Waals surface area contributed by atoms with E-state index in [4.69, 9.17) is 9.84 Å². The van der Waals surface area contributed by atoms with E-state index >= 15 is 0 Å². The molecule has 1 aliphatic heterocycles. The van der Waals surface area contributed by atoms with E-state index in [0.29, 0.717) is 6.10 Å². The van der Waals surface area contributed by atoms with Gasteiger partial charge in [-0.1, -0.05) is 0 Å². The zero-order chi connectivity index (χ0) is 9.68. The lowest BCUT2D eigenvalue weighted by atomic mass is 10.2. The van der Waals surface area contributed by atoms with Crippen LogP contribution in [-0.2, 0) is 4.74 Å². The van der Waals surface area contributed by atoms with Crippen LogP contribution in [0.3, 0.4) is 0 Å². The Morgan fingerprint density at radius 2 is 2.38 bits per heavy atom. The van der Waals surface area contributed by atoms with Gasteiger partial charge in [-0.15, -0.1) is 0 Å². The maximum atomic E-state index is 9.14. The summed E-state index contributed by atoms with van der Waals surface area (Å²) in [7, 11) is 2.04. The zero-order valence-electron chi connectivity index (χ0n) is 8.70. The highest BCUT2D eigenvalue weighted by Gasteiger charge is 2.15. The van der Waals surface area contributed by atoms with E-state index in [1.54, 1.807) is 0 Å². The standard InChI is InChI=1S/C10H21NO2/c1-9(12)8-11(2)6-5-10-4-3-7-13-10/h9-10,12H,3-8H2,1-2H3. The van der Waals surface area contributed by atoms with E-state index < -0.39 is 0 Å². The number of hydrogen-bond donors (Lipinski definition) is 1. The second-order valence-corrected chi connectivity index (χ2v) is 4.03. The lowest BCUT2D eigenvalue weighted by Gasteiger charge is -2.19. The summed E-state index contributed by atoms with van der Waals surface area (Å²) in [6, 6.07) is 0. The number of aliphatic hydroxyl groups excluding tert-OH is 1. The van der Waals surface area contributed by atoms with Gasteiger partial charge in [0.15, 0.2) is 0 Å². The van der Waals surface area contributed by atoms with Gasteiger partial charge in [-0.3, -0.25) is 0 Å². The van der Waals surface area contributed by atoms with Gasteiger partial charge in [-0.2, -0.15) is 0 Å². The van der Waals surface area contributed by atoms with E-state index in [1.165, 1.54) is 12.8 Å². The molecule has 0 amide bonds. The second-order valence-electron chi connectivity index (χ2n) is 4.03. The van der Waals surface area contributed by atoms with Crippen LogP contribution < -0.4 is 0 Å². The Kier molecular flexibility index (Phi) is 4.70.